The summed E-state index contributed by atoms with van der Waals surface area (Å²) >= 11 is 6.02. The SMILES string of the molecule is CCCCOC(=O)c1ccc2nc(CCl)n(C[C@@H]3CCO3)c2c1. The van der Waals surface area contributed by atoms with Crippen molar-refractivity contribution in [3.63, 3.8) is 0 Å². The Hall–Kier alpha value is -1.59. The second kappa shape index (κ2) is 7.32. The molecule has 2 aromatic rings. The number of nitrogens with zero attached hydrogens (tertiary/aromatic N) is 2. The third kappa shape index (κ3) is 3.51. The maximum absolute atomic E-state index is 12.1. The molecule has 0 radical (unpaired) electrons. The van der Waals surface area contributed by atoms with Crippen molar-refractivity contribution in [3.05, 3.63) is 29.6 Å². The molecule has 6 heteroatoms. The Balaban J connectivity index is 1.87. The van der Waals surface area contributed by atoms with Crippen molar-refractivity contribution in [2.75, 3.05) is 13.2 Å². The third-order valence-corrected chi connectivity index (χ3v) is 4.33. The van der Waals surface area contributed by atoms with Crippen molar-refractivity contribution in [1.82, 2.24) is 9.55 Å². The van der Waals surface area contributed by atoms with Crippen LogP contribution in [-0.2, 0) is 21.9 Å². The molecule has 0 amide bonds. The van der Waals surface area contributed by atoms with Gasteiger partial charge in [-0.3, -0.25) is 0 Å². The number of imidazole rings is 1. The van der Waals surface area contributed by atoms with E-state index in [0.29, 0.717) is 24.6 Å². The van der Waals surface area contributed by atoms with E-state index in [1.165, 1.54) is 0 Å². The average Bonchev–Trinajstić information content (AvgIpc) is 2.87. The lowest BCUT2D eigenvalue weighted by Gasteiger charge is -2.27. The molecule has 3 rings (SSSR count). The van der Waals surface area contributed by atoms with Gasteiger partial charge in [-0.15, -0.1) is 11.6 Å². The van der Waals surface area contributed by atoms with Crippen molar-refractivity contribution in [2.45, 2.75) is 44.7 Å². The van der Waals surface area contributed by atoms with Gasteiger partial charge in [-0.05, 0) is 31.0 Å². The van der Waals surface area contributed by atoms with Gasteiger partial charge in [-0.1, -0.05) is 13.3 Å². The van der Waals surface area contributed by atoms with Crippen LogP contribution in [0.1, 0.15) is 42.4 Å². The van der Waals surface area contributed by atoms with Gasteiger partial charge in [-0.2, -0.15) is 0 Å². The number of carbonyl (C=O) groups excluding carboxylic acids is 1. The molecule has 0 aliphatic carbocycles. The van der Waals surface area contributed by atoms with E-state index in [9.17, 15) is 4.79 Å². The minimum atomic E-state index is -0.291. The summed E-state index contributed by atoms with van der Waals surface area (Å²) < 4.78 is 12.8. The molecule has 1 aliphatic rings. The van der Waals surface area contributed by atoms with Gasteiger partial charge in [0.2, 0.25) is 0 Å². The highest BCUT2D eigenvalue weighted by molar-refractivity contribution is 6.16. The fraction of sp³-hybridized carbons (Fsp3) is 0.529. The summed E-state index contributed by atoms with van der Waals surface area (Å²) in [7, 11) is 0. The number of hydrogen-bond acceptors (Lipinski definition) is 4. The number of aromatic nitrogens is 2. The molecule has 124 valence electrons. The number of carbonyl (C=O) groups is 1. The molecule has 0 unspecified atom stereocenters. The fourth-order valence-electron chi connectivity index (χ4n) is 2.63. The standard InChI is InChI=1S/C17H21ClN2O3/c1-2-3-7-23-17(21)12-4-5-14-15(9-12)20(16(10-18)19-14)11-13-6-8-22-13/h4-5,9,13H,2-3,6-8,10-11H2,1H3/t13-/m0/s1. The zero-order valence-electron chi connectivity index (χ0n) is 13.3. The number of halogens is 1. The number of esters is 1. The molecule has 0 bridgehead atoms. The van der Waals surface area contributed by atoms with E-state index in [1.807, 2.05) is 12.1 Å². The van der Waals surface area contributed by atoms with Crippen molar-refractivity contribution in [2.24, 2.45) is 0 Å². The summed E-state index contributed by atoms with van der Waals surface area (Å²) in [6, 6.07) is 5.44. The van der Waals surface area contributed by atoms with Gasteiger partial charge >= 0.3 is 5.97 Å². The number of fused-ring (bicyclic) bond motifs is 1. The summed E-state index contributed by atoms with van der Waals surface area (Å²) in [6.07, 6.45) is 3.12. The summed E-state index contributed by atoms with van der Waals surface area (Å²) in [5.41, 5.74) is 2.29. The number of hydrogen-bond donors (Lipinski definition) is 0. The smallest absolute Gasteiger partial charge is 0.338 e. The number of alkyl halides is 1. The van der Waals surface area contributed by atoms with Crippen molar-refractivity contribution < 1.29 is 14.3 Å². The molecule has 0 spiro atoms. The molecule has 0 saturated carbocycles. The van der Waals surface area contributed by atoms with E-state index in [2.05, 4.69) is 16.5 Å². The Kier molecular flexibility index (Phi) is 5.18. The molecule has 1 aliphatic heterocycles. The second-order valence-corrected chi connectivity index (χ2v) is 6.01. The predicted octanol–water partition coefficient (Wildman–Crippen LogP) is 3.52. The molecular weight excluding hydrogens is 316 g/mol. The molecular formula is C17H21ClN2O3. The number of benzene rings is 1. The van der Waals surface area contributed by atoms with E-state index in [0.717, 1.165) is 42.7 Å². The van der Waals surface area contributed by atoms with Gasteiger partial charge in [0.15, 0.2) is 0 Å². The van der Waals surface area contributed by atoms with Crippen molar-refractivity contribution in [1.29, 1.82) is 0 Å². The first-order valence-electron chi connectivity index (χ1n) is 8.06. The van der Waals surface area contributed by atoms with Crippen molar-refractivity contribution in [3.8, 4) is 0 Å². The highest BCUT2D eigenvalue weighted by atomic mass is 35.5. The lowest BCUT2D eigenvalue weighted by molar-refractivity contribution is -0.0589. The van der Waals surface area contributed by atoms with Crippen LogP contribution in [0.4, 0.5) is 0 Å². The minimum Gasteiger partial charge on any atom is -0.462 e. The number of rotatable bonds is 7. The van der Waals surface area contributed by atoms with Crippen LogP contribution in [0.3, 0.4) is 0 Å². The predicted molar refractivity (Wildman–Crippen MR) is 88.8 cm³/mol. The Morgan fingerprint density at radius 2 is 2.35 bits per heavy atom. The first-order valence-corrected chi connectivity index (χ1v) is 8.60. The highest BCUT2D eigenvalue weighted by Crippen LogP contribution is 2.23. The third-order valence-electron chi connectivity index (χ3n) is 4.09. The van der Waals surface area contributed by atoms with Crippen LogP contribution in [0.2, 0.25) is 0 Å². The Morgan fingerprint density at radius 3 is 3.00 bits per heavy atom. The van der Waals surface area contributed by atoms with Crippen LogP contribution < -0.4 is 0 Å². The zero-order chi connectivity index (χ0) is 16.2. The van der Waals surface area contributed by atoms with Gasteiger partial charge in [-0.25, -0.2) is 9.78 Å². The van der Waals surface area contributed by atoms with E-state index in [1.54, 1.807) is 6.07 Å². The monoisotopic (exact) mass is 336 g/mol. The van der Waals surface area contributed by atoms with Gasteiger partial charge in [0, 0.05) is 6.61 Å². The van der Waals surface area contributed by atoms with Crippen LogP contribution >= 0.6 is 11.6 Å². The molecule has 5 nitrogen and oxygen atoms in total. The lowest BCUT2D eigenvalue weighted by atomic mass is 10.1. The largest absolute Gasteiger partial charge is 0.462 e. The number of ether oxygens (including phenoxy) is 2. The molecule has 2 heterocycles. The first-order chi connectivity index (χ1) is 11.2. The number of unbranched alkanes of at least 4 members (excludes halogenated alkanes) is 1. The zero-order valence-corrected chi connectivity index (χ0v) is 14.0. The van der Waals surface area contributed by atoms with Crippen LogP contribution in [0.25, 0.3) is 11.0 Å². The quantitative estimate of drug-likeness (QED) is 0.441. The first kappa shape index (κ1) is 16.3. The van der Waals surface area contributed by atoms with Gasteiger partial charge in [0.25, 0.3) is 0 Å². The second-order valence-electron chi connectivity index (χ2n) is 5.75. The maximum atomic E-state index is 12.1. The van der Waals surface area contributed by atoms with Gasteiger partial charge in [0.1, 0.15) is 5.82 Å². The van der Waals surface area contributed by atoms with Crippen LogP contribution in [0.5, 0.6) is 0 Å². The summed E-state index contributed by atoms with van der Waals surface area (Å²) in [6.45, 7) is 4.04. The molecule has 1 fully saturated rings. The lowest BCUT2D eigenvalue weighted by Crippen LogP contribution is -2.31. The van der Waals surface area contributed by atoms with E-state index in [4.69, 9.17) is 21.1 Å². The molecule has 1 aromatic heterocycles. The maximum Gasteiger partial charge on any atom is 0.338 e. The molecule has 1 aromatic carbocycles. The molecule has 1 saturated heterocycles. The van der Waals surface area contributed by atoms with Crippen LogP contribution in [0, 0.1) is 0 Å². The van der Waals surface area contributed by atoms with Crippen LogP contribution in [-0.4, -0.2) is 34.8 Å². The van der Waals surface area contributed by atoms with Gasteiger partial charge in [0.05, 0.1) is 41.7 Å². The molecule has 23 heavy (non-hydrogen) atoms. The fourth-order valence-corrected chi connectivity index (χ4v) is 2.83. The normalized spacial score (nSPS) is 17.2. The minimum absolute atomic E-state index is 0.203. The average molecular weight is 337 g/mol. The molecule has 1 atom stereocenters. The topological polar surface area (TPSA) is 53.3 Å². The van der Waals surface area contributed by atoms with E-state index >= 15 is 0 Å². The summed E-state index contributed by atoms with van der Waals surface area (Å²) in [5.74, 6) is 0.839. The summed E-state index contributed by atoms with van der Waals surface area (Å²) in [5, 5.41) is 0. The Labute approximate surface area is 140 Å². The Morgan fingerprint density at radius 1 is 1.52 bits per heavy atom. The molecule has 0 N–H and O–H groups in total. The Bertz CT molecular complexity index is 694. The van der Waals surface area contributed by atoms with E-state index in [-0.39, 0.29) is 12.1 Å². The van der Waals surface area contributed by atoms with Crippen molar-refractivity contribution >= 4 is 28.6 Å². The van der Waals surface area contributed by atoms with Crippen LogP contribution in [0.15, 0.2) is 18.2 Å². The summed E-state index contributed by atoms with van der Waals surface area (Å²) in [4.78, 5) is 16.7. The van der Waals surface area contributed by atoms with Gasteiger partial charge < -0.3 is 14.0 Å². The highest BCUT2D eigenvalue weighted by Gasteiger charge is 2.22. The van der Waals surface area contributed by atoms with E-state index < -0.39 is 0 Å².